The number of aromatic nitrogens is 1. The van der Waals surface area contributed by atoms with Gasteiger partial charge in [-0.1, -0.05) is 13.0 Å². The Bertz CT molecular complexity index is 586. The van der Waals surface area contributed by atoms with Crippen LogP contribution in [0.1, 0.15) is 35.1 Å². The van der Waals surface area contributed by atoms with E-state index in [1.807, 2.05) is 22.9 Å². The van der Waals surface area contributed by atoms with E-state index < -0.39 is 0 Å². The molecule has 0 spiro atoms. The number of hydrogen-bond acceptors (Lipinski definition) is 5. The van der Waals surface area contributed by atoms with Gasteiger partial charge in [0.15, 0.2) is 5.13 Å². The maximum Gasteiger partial charge on any atom is 0.267 e. The first-order valence-electron chi connectivity index (χ1n) is 7.22. The Morgan fingerprint density at radius 2 is 2.24 bits per heavy atom. The third-order valence-electron chi connectivity index (χ3n) is 3.78. The topological polar surface area (TPSA) is 45.2 Å². The van der Waals surface area contributed by atoms with Gasteiger partial charge in [-0.3, -0.25) is 15.0 Å². The fraction of sp³-hybridized carbons (Fsp3) is 0.467. The van der Waals surface area contributed by atoms with Crippen LogP contribution in [0.4, 0.5) is 5.13 Å². The lowest BCUT2D eigenvalue weighted by Gasteiger charge is -2.29. The molecule has 2 aromatic rings. The Morgan fingerprint density at radius 3 is 2.95 bits per heavy atom. The van der Waals surface area contributed by atoms with Crippen LogP contribution < -0.4 is 5.32 Å². The summed E-state index contributed by atoms with van der Waals surface area (Å²) in [4.78, 5) is 19.7. The fourth-order valence-corrected chi connectivity index (χ4v) is 3.77. The largest absolute Gasteiger partial charge is 0.297 e. The average Bonchev–Trinajstić information content (AvgIpc) is 3.13. The highest BCUT2D eigenvalue weighted by Gasteiger charge is 2.17. The molecule has 1 N–H and O–H groups in total. The maximum absolute atomic E-state index is 12.0. The molecule has 3 heterocycles. The third-order valence-corrected chi connectivity index (χ3v) is 5.45. The molecule has 0 saturated carbocycles. The molecule has 1 amide bonds. The Morgan fingerprint density at radius 1 is 1.43 bits per heavy atom. The normalized spacial score (nSPS) is 17.0. The molecule has 1 aliphatic rings. The molecule has 0 aliphatic carbocycles. The predicted molar refractivity (Wildman–Crippen MR) is 88.1 cm³/mol. The van der Waals surface area contributed by atoms with E-state index in [1.54, 1.807) is 0 Å². The first-order valence-corrected chi connectivity index (χ1v) is 8.98. The van der Waals surface area contributed by atoms with Gasteiger partial charge >= 0.3 is 0 Å². The number of nitrogens with one attached hydrogen (secondary N) is 1. The van der Waals surface area contributed by atoms with Crippen LogP contribution >= 0.6 is 22.7 Å². The third kappa shape index (κ3) is 3.90. The summed E-state index contributed by atoms with van der Waals surface area (Å²) in [5.74, 6) is 0.773. The standard InChI is InChI=1S/C15H19N3OS2/c1-11-4-6-18(7-5-11)9-12-10-21-15(16-12)17-14(19)13-3-2-8-20-13/h2-3,8,10-11H,4-7,9H2,1H3,(H,16,17,19). The molecule has 0 unspecified atom stereocenters. The number of amides is 1. The van der Waals surface area contributed by atoms with Crippen molar-refractivity contribution in [1.29, 1.82) is 0 Å². The number of thiophene rings is 1. The zero-order valence-electron chi connectivity index (χ0n) is 12.0. The van der Waals surface area contributed by atoms with Crippen LogP contribution in [0, 0.1) is 5.92 Å². The zero-order valence-corrected chi connectivity index (χ0v) is 13.7. The van der Waals surface area contributed by atoms with Gasteiger partial charge in [0.1, 0.15) is 0 Å². The Hall–Kier alpha value is -1.24. The van der Waals surface area contributed by atoms with Gasteiger partial charge in [0.2, 0.25) is 0 Å². The van der Waals surface area contributed by atoms with Crippen LogP contribution in [-0.4, -0.2) is 28.9 Å². The smallest absolute Gasteiger partial charge is 0.267 e. The number of anilines is 1. The van der Waals surface area contributed by atoms with Gasteiger partial charge in [0.25, 0.3) is 5.91 Å². The molecule has 3 rings (SSSR count). The second kappa shape index (κ2) is 6.68. The quantitative estimate of drug-likeness (QED) is 0.934. The number of nitrogens with zero attached hydrogens (tertiary/aromatic N) is 2. The lowest BCUT2D eigenvalue weighted by Crippen LogP contribution is -2.32. The molecule has 0 bridgehead atoms. The first kappa shape index (κ1) is 14.7. The molecule has 1 fully saturated rings. The number of carbonyl (C=O) groups is 1. The van der Waals surface area contributed by atoms with Crippen molar-refractivity contribution in [3.05, 3.63) is 33.5 Å². The molecule has 112 valence electrons. The summed E-state index contributed by atoms with van der Waals surface area (Å²) in [5, 5.41) is 7.50. The van der Waals surface area contributed by atoms with Gasteiger partial charge in [-0.15, -0.1) is 22.7 Å². The number of thiazole rings is 1. The molecular formula is C15H19N3OS2. The van der Waals surface area contributed by atoms with E-state index in [0.717, 1.165) is 36.1 Å². The Balaban J connectivity index is 1.55. The van der Waals surface area contributed by atoms with Crippen LogP contribution in [0.15, 0.2) is 22.9 Å². The first-order chi connectivity index (χ1) is 10.2. The van der Waals surface area contributed by atoms with Crippen molar-refractivity contribution in [2.75, 3.05) is 18.4 Å². The molecule has 4 nitrogen and oxygen atoms in total. The Labute approximate surface area is 132 Å². The summed E-state index contributed by atoms with van der Waals surface area (Å²) >= 11 is 2.94. The highest BCUT2D eigenvalue weighted by Crippen LogP contribution is 2.21. The highest BCUT2D eigenvalue weighted by molar-refractivity contribution is 7.14. The van der Waals surface area contributed by atoms with Crippen molar-refractivity contribution in [1.82, 2.24) is 9.88 Å². The van der Waals surface area contributed by atoms with Gasteiger partial charge in [0, 0.05) is 11.9 Å². The molecule has 2 aromatic heterocycles. The van der Waals surface area contributed by atoms with Crippen LogP contribution in [0.2, 0.25) is 0 Å². The van der Waals surface area contributed by atoms with Crippen molar-refractivity contribution >= 4 is 33.7 Å². The lowest BCUT2D eigenvalue weighted by molar-refractivity contribution is 0.103. The molecule has 6 heteroatoms. The summed E-state index contributed by atoms with van der Waals surface area (Å²) in [6, 6.07) is 3.70. The van der Waals surface area contributed by atoms with E-state index in [4.69, 9.17) is 0 Å². The van der Waals surface area contributed by atoms with Crippen molar-refractivity contribution in [2.24, 2.45) is 5.92 Å². The van der Waals surface area contributed by atoms with Gasteiger partial charge in [-0.05, 0) is 43.3 Å². The Kier molecular flexibility index (Phi) is 4.67. The molecule has 21 heavy (non-hydrogen) atoms. The number of rotatable bonds is 4. The van der Waals surface area contributed by atoms with Gasteiger partial charge in [0.05, 0.1) is 10.6 Å². The van der Waals surface area contributed by atoms with E-state index in [9.17, 15) is 4.79 Å². The van der Waals surface area contributed by atoms with Crippen molar-refractivity contribution in [3.8, 4) is 0 Å². The van der Waals surface area contributed by atoms with Crippen LogP contribution in [0.3, 0.4) is 0 Å². The van der Waals surface area contributed by atoms with E-state index in [1.165, 1.54) is 35.5 Å². The SMILES string of the molecule is CC1CCN(Cc2csc(NC(=O)c3cccs3)n2)CC1. The van der Waals surface area contributed by atoms with Crippen molar-refractivity contribution in [3.63, 3.8) is 0 Å². The maximum atomic E-state index is 12.0. The average molecular weight is 321 g/mol. The summed E-state index contributed by atoms with van der Waals surface area (Å²) in [6.45, 7) is 5.50. The molecule has 1 saturated heterocycles. The fourth-order valence-electron chi connectivity index (χ4n) is 2.45. The van der Waals surface area contributed by atoms with Gasteiger partial charge < -0.3 is 0 Å². The van der Waals surface area contributed by atoms with E-state index in [0.29, 0.717) is 5.13 Å². The summed E-state index contributed by atoms with van der Waals surface area (Å²) in [5.41, 5.74) is 1.05. The predicted octanol–water partition coefficient (Wildman–Crippen LogP) is 3.69. The monoisotopic (exact) mass is 321 g/mol. The molecule has 0 aromatic carbocycles. The van der Waals surface area contributed by atoms with Crippen molar-refractivity contribution < 1.29 is 4.79 Å². The molecule has 1 aliphatic heterocycles. The summed E-state index contributed by atoms with van der Waals surface area (Å²) < 4.78 is 0. The second-order valence-electron chi connectivity index (χ2n) is 5.53. The van der Waals surface area contributed by atoms with E-state index in [-0.39, 0.29) is 5.91 Å². The number of piperidine rings is 1. The minimum atomic E-state index is -0.0716. The number of carbonyl (C=O) groups excluding carboxylic acids is 1. The molecule has 0 radical (unpaired) electrons. The van der Waals surface area contributed by atoms with Gasteiger partial charge in [-0.2, -0.15) is 0 Å². The lowest BCUT2D eigenvalue weighted by atomic mass is 9.99. The van der Waals surface area contributed by atoms with E-state index >= 15 is 0 Å². The summed E-state index contributed by atoms with van der Waals surface area (Å²) in [6.07, 6.45) is 2.54. The van der Waals surface area contributed by atoms with E-state index in [2.05, 4.69) is 22.1 Å². The summed E-state index contributed by atoms with van der Waals surface area (Å²) in [7, 11) is 0. The zero-order chi connectivity index (χ0) is 14.7. The minimum Gasteiger partial charge on any atom is -0.297 e. The minimum absolute atomic E-state index is 0.0716. The number of likely N-dealkylation sites (tertiary alicyclic amines) is 1. The second-order valence-corrected chi connectivity index (χ2v) is 7.34. The van der Waals surface area contributed by atoms with Crippen molar-refractivity contribution in [2.45, 2.75) is 26.3 Å². The van der Waals surface area contributed by atoms with Crippen LogP contribution in [-0.2, 0) is 6.54 Å². The van der Waals surface area contributed by atoms with Crippen LogP contribution in [0.5, 0.6) is 0 Å². The number of hydrogen-bond donors (Lipinski definition) is 1. The molecule has 0 atom stereocenters. The highest BCUT2D eigenvalue weighted by atomic mass is 32.1. The van der Waals surface area contributed by atoms with Crippen LogP contribution in [0.25, 0.3) is 0 Å². The molecular weight excluding hydrogens is 302 g/mol. The van der Waals surface area contributed by atoms with Gasteiger partial charge in [-0.25, -0.2) is 4.98 Å².